The molecule has 27 heavy (non-hydrogen) atoms. The smallest absolute Gasteiger partial charge is 0.343 e. The van der Waals surface area contributed by atoms with Crippen molar-refractivity contribution in [2.75, 3.05) is 0 Å². The van der Waals surface area contributed by atoms with Gasteiger partial charge < -0.3 is 4.74 Å². The molecule has 0 heterocycles. The number of hydrazone groups is 1. The maximum atomic E-state index is 12.9. The van der Waals surface area contributed by atoms with Gasteiger partial charge in [-0.3, -0.25) is 4.79 Å². The van der Waals surface area contributed by atoms with E-state index in [-0.39, 0.29) is 0 Å². The van der Waals surface area contributed by atoms with Crippen molar-refractivity contribution in [3.8, 4) is 5.75 Å². The number of benzene rings is 3. The van der Waals surface area contributed by atoms with Gasteiger partial charge in [0.25, 0.3) is 5.91 Å². The second-order valence-corrected chi connectivity index (χ2v) is 5.53. The molecular weight excluding hydrogens is 347 g/mol. The fourth-order valence-corrected chi connectivity index (χ4v) is 2.23. The van der Waals surface area contributed by atoms with Crippen LogP contribution in [0.15, 0.2) is 84.0 Å². The summed E-state index contributed by atoms with van der Waals surface area (Å²) >= 11 is 0. The topological polar surface area (TPSA) is 67.8 Å². The van der Waals surface area contributed by atoms with Crippen LogP contribution in [0.25, 0.3) is 0 Å². The van der Waals surface area contributed by atoms with Gasteiger partial charge in [0.2, 0.25) is 0 Å². The first kappa shape index (κ1) is 18.0. The summed E-state index contributed by atoms with van der Waals surface area (Å²) in [5.41, 5.74) is 3.72. The van der Waals surface area contributed by atoms with Crippen LogP contribution in [0.2, 0.25) is 0 Å². The van der Waals surface area contributed by atoms with Gasteiger partial charge in [0, 0.05) is 5.56 Å². The fourth-order valence-electron chi connectivity index (χ4n) is 2.23. The highest BCUT2D eigenvalue weighted by atomic mass is 19.1. The Morgan fingerprint density at radius 3 is 2.37 bits per heavy atom. The molecule has 3 aromatic rings. The molecule has 0 radical (unpaired) electrons. The highest BCUT2D eigenvalue weighted by Gasteiger charge is 2.08. The Labute approximate surface area is 155 Å². The van der Waals surface area contributed by atoms with Crippen LogP contribution < -0.4 is 10.2 Å². The van der Waals surface area contributed by atoms with E-state index in [0.29, 0.717) is 22.4 Å². The van der Waals surface area contributed by atoms with Gasteiger partial charge in [-0.1, -0.05) is 30.3 Å². The van der Waals surface area contributed by atoms with Crippen LogP contribution in [-0.4, -0.2) is 18.1 Å². The third-order valence-electron chi connectivity index (χ3n) is 3.56. The van der Waals surface area contributed by atoms with Gasteiger partial charge in [0.1, 0.15) is 11.6 Å². The standard InChI is InChI=1S/C21H15FN2O3/c22-18-11-9-16(10-12-18)20(25)24-23-14-15-5-4-8-19(13-15)27-21(26)17-6-2-1-3-7-17/h1-14H,(H,24,25). The van der Waals surface area contributed by atoms with Crippen LogP contribution in [-0.2, 0) is 0 Å². The second-order valence-electron chi connectivity index (χ2n) is 5.53. The summed E-state index contributed by atoms with van der Waals surface area (Å²) in [4.78, 5) is 24.0. The van der Waals surface area contributed by atoms with Crippen molar-refractivity contribution >= 4 is 18.1 Å². The number of hydrogen-bond donors (Lipinski definition) is 1. The average Bonchev–Trinajstić information content (AvgIpc) is 2.69. The monoisotopic (exact) mass is 362 g/mol. The SMILES string of the molecule is O=C(NN=Cc1cccc(OC(=O)c2ccccc2)c1)c1ccc(F)cc1. The molecule has 0 aliphatic carbocycles. The molecule has 6 heteroatoms. The van der Waals surface area contributed by atoms with E-state index in [1.165, 1.54) is 30.5 Å². The van der Waals surface area contributed by atoms with Crippen LogP contribution in [0.1, 0.15) is 26.3 Å². The summed E-state index contributed by atoms with van der Waals surface area (Å²) in [6, 6.07) is 20.5. The Morgan fingerprint density at radius 1 is 0.889 bits per heavy atom. The van der Waals surface area contributed by atoms with Gasteiger partial charge in [-0.25, -0.2) is 14.6 Å². The summed E-state index contributed by atoms with van der Waals surface area (Å²) in [6.45, 7) is 0. The van der Waals surface area contributed by atoms with Crippen LogP contribution in [0.5, 0.6) is 5.75 Å². The predicted molar refractivity (Wildman–Crippen MR) is 99.3 cm³/mol. The number of hydrogen-bond acceptors (Lipinski definition) is 4. The molecule has 0 spiro atoms. The lowest BCUT2D eigenvalue weighted by Gasteiger charge is -2.05. The molecule has 0 fully saturated rings. The molecule has 0 aliphatic rings. The van der Waals surface area contributed by atoms with E-state index in [2.05, 4.69) is 10.5 Å². The van der Waals surface area contributed by atoms with Crippen molar-refractivity contribution in [1.82, 2.24) is 5.43 Å². The molecule has 0 atom stereocenters. The van der Waals surface area contributed by atoms with Gasteiger partial charge in [-0.15, -0.1) is 0 Å². The Balaban J connectivity index is 1.61. The number of amides is 1. The molecule has 0 saturated carbocycles. The van der Waals surface area contributed by atoms with Crippen LogP contribution in [0.3, 0.4) is 0 Å². The van der Waals surface area contributed by atoms with Crippen molar-refractivity contribution in [2.45, 2.75) is 0 Å². The van der Waals surface area contributed by atoms with Gasteiger partial charge in [-0.05, 0) is 54.1 Å². The van der Waals surface area contributed by atoms with Gasteiger partial charge in [-0.2, -0.15) is 5.10 Å². The third-order valence-corrected chi connectivity index (χ3v) is 3.56. The van der Waals surface area contributed by atoms with Crippen molar-refractivity contribution in [1.29, 1.82) is 0 Å². The Kier molecular flexibility index (Phi) is 5.69. The van der Waals surface area contributed by atoms with E-state index in [0.717, 1.165) is 0 Å². The van der Waals surface area contributed by atoms with E-state index >= 15 is 0 Å². The Bertz CT molecular complexity index is 970. The summed E-state index contributed by atoms with van der Waals surface area (Å²) in [5.74, 6) is -0.984. The van der Waals surface area contributed by atoms with Crippen molar-refractivity contribution in [2.24, 2.45) is 5.10 Å². The van der Waals surface area contributed by atoms with E-state index in [4.69, 9.17) is 4.74 Å². The number of halogens is 1. The zero-order chi connectivity index (χ0) is 19.1. The first-order valence-corrected chi connectivity index (χ1v) is 8.08. The van der Waals surface area contributed by atoms with E-state index in [1.807, 2.05) is 6.07 Å². The zero-order valence-electron chi connectivity index (χ0n) is 14.1. The Hall–Kier alpha value is -3.80. The third kappa shape index (κ3) is 5.09. The summed E-state index contributed by atoms with van der Waals surface area (Å²) < 4.78 is 18.2. The second kappa shape index (κ2) is 8.53. The van der Waals surface area contributed by atoms with Crippen LogP contribution in [0, 0.1) is 5.82 Å². The molecule has 1 N–H and O–H groups in total. The van der Waals surface area contributed by atoms with Crippen molar-refractivity contribution in [3.63, 3.8) is 0 Å². The number of ether oxygens (including phenoxy) is 1. The van der Waals surface area contributed by atoms with Crippen LogP contribution in [0.4, 0.5) is 4.39 Å². The summed E-state index contributed by atoms with van der Waals surface area (Å²) in [7, 11) is 0. The fraction of sp³-hybridized carbons (Fsp3) is 0. The minimum atomic E-state index is -0.464. The van der Waals surface area contributed by atoms with Crippen LogP contribution >= 0.6 is 0 Å². The normalized spacial score (nSPS) is 10.6. The quantitative estimate of drug-likeness (QED) is 0.325. The molecule has 1 amide bonds. The van der Waals surface area contributed by atoms with E-state index < -0.39 is 17.7 Å². The molecule has 134 valence electrons. The number of nitrogens with one attached hydrogen (secondary N) is 1. The number of carbonyl (C=O) groups excluding carboxylic acids is 2. The zero-order valence-corrected chi connectivity index (χ0v) is 14.1. The van der Waals surface area contributed by atoms with Gasteiger partial charge in [0.05, 0.1) is 11.8 Å². The minimum Gasteiger partial charge on any atom is -0.423 e. The predicted octanol–water partition coefficient (Wildman–Crippen LogP) is 3.81. The lowest BCUT2D eigenvalue weighted by Crippen LogP contribution is -2.17. The summed E-state index contributed by atoms with van der Waals surface area (Å²) in [6.07, 6.45) is 1.42. The lowest BCUT2D eigenvalue weighted by molar-refractivity contribution is 0.0734. The maximum Gasteiger partial charge on any atom is 0.343 e. The van der Waals surface area contributed by atoms with Crippen molar-refractivity contribution < 1.29 is 18.7 Å². The molecule has 3 aromatic carbocycles. The maximum absolute atomic E-state index is 12.9. The van der Waals surface area contributed by atoms with E-state index in [9.17, 15) is 14.0 Å². The van der Waals surface area contributed by atoms with E-state index in [1.54, 1.807) is 48.5 Å². The molecular formula is C21H15FN2O3. The molecule has 3 rings (SSSR count). The number of esters is 1. The highest BCUT2D eigenvalue weighted by molar-refractivity contribution is 5.95. The molecule has 0 bridgehead atoms. The van der Waals surface area contributed by atoms with Gasteiger partial charge in [0.15, 0.2) is 0 Å². The molecule has 0 aromatic heterocycles. The molecule has 0 aliphatic heterocycles. The van der Waals surface area contributed by atoms with Gasteiger partial charge >= 0.3 is 5.97 Å². The number of carbonyl (C=O) groups is 2. The van der Waals surface area contributed by atoms with Crippen molar-refractivity contribution in [3.05, 3.63) is 101 Å². The molecule has 0 unspecified atom stereocenters. The summed E-state index contributed by atoms with van der Waals surface area (Å²) in [5, 5.41) is 3.86. The lowest BCUT2D eigenvalue weighted by atomic mass is 10.2. The largest absolute Gasteiger partial charge is 0.423 e. The minimum absolute atomic E-state index is 0.291. The first-order chi connectivity index (χ1) is 13.1. The highest BCUT2D eigenvalue weighted by Crippen LogP contribution is 2.14. The molecule has 0 saturated heterocycles. The molecule has 5 nitrogen and oxygen atoms in total. The number of nitrogens with zero attached hydrogens (tertiary/aromatic N) is 1. The number of rotatable bonds is 5. The first-order valence-electron chi connectivity index (χ1n) is 8.08. The average molecular weight is 362 g/mol. The Morgan fingerprint density at radius 2 is 1.63 bits per heavy atom.